The molecule has 0 saturated carbocycles. The van der Waals surface area contributed by atoms with Crippen molar-refractivity contribution in [2.24, 2.45) is 0 Å². The molecule has 0 aliphatic rings. The normalized spacial score (nSPS) is 10.3. The van der Waals surface area contributed by atoms with Gasteiger partial charge >= 0.3 is 0 Å². The summed E-state index contributed by atoms with van der Waals surface area (Å²) in [5, 5.41) is 3.52. The van der Waals surface area contributed by atoms with Crippen LogP contribution in [0.2, 0.25) is 5.02 Å². The molecule has 98 valence electrons. The van der Waals surface area contributed by atoms with Crippen molar-refractivity contribution in [3.63, 3.8) is 0 Å². The number of carbonyl (C=O) groups excluding carboxylic acids is 1. The zero-order valence-corrected chi connectivity index (χ0v) is 11.8. The van der Waals surface area contributed by atoms with E-state index in [2.05, 4.69) is 5.32 Å². The maximum absolute atomic E-state index is 12.0. The summed E-state index contributed by atoms with van der Waals surface area (Å²) in [5.74, 6) is -0.0331. The summed E-state index contributed by atoms with van der Waals surface area (Å²) in [6.07, 6.45) is 0.373. The lowest BCUT2D eigenvalue weighted by atomic mass is 10.1. The molecule has 0 aliphatic heterocycles. The number of amides is 1. The van der Waals surface area contributed by atoms with Crippen molar-refractivity contribution in [2.45, 2.75) is 20.3 Å². The van der Waals surface area contributed by atoms with Gasteiger partial charge in [-0.25, -0.2) is 0 Å². The smallest absolute Gasteiger partial charge is 0.228 e. The zero-order valence-electron chi connectivity index (χ0n) is 11.0. The molecule has 1 amide bonds. The van der Waals surface area contributed by atoms with Gasteiger partial charge in [-0.3, -0.25) is 4.79 Å². The Morgan fingerprint density at radius 2 is 1.84 bits per heavy atom. The second-order valence-corrected chi connectivity index (χ2v) is 5.02. The number of halogens is 1. The molecule has 2 aromatic carbocycles. The van der Waals surface area contributed by atoms with E-state index in [1.165, 1.54) is 0 Å². The molecule has 3 heteroatoms. The van der Waals surface area contributed by atoms with Crippen LogP contribution < -0.4 is 5.32 Å². The number of hydrogen-bond donors (Lipinski definition) is 1. The van der Waals surface area contributed by atoms with E-state index in [1.54, 1.807) is 6.07 Å². The number of aryl methyl sites for hydroxylation is 2. The molecule has 0 heterocycles. The second kappa shape index (κ2) is 5.89. The molecular weight excluding hydrogens is 258 g/mol. The van der Waals surface area contributed by atoms with Crippen LogP contribution >= 0.6 is 11.6 Å². The summed E-state index contributed by atoms with van der Waals surface area (Å²) >= 11 is 6.03. The first-order chi connectivity index (χ1) is 9.06. The van der Waals surface area contributed by atoms with Crippen molar-refractivity contribution < 1.29 is 4.79 Å². The van der Waals surface area contributed by atoms with E-state index in [0.717, 1.165) is 22.4 Å². The summed E-state index contributed by atoms with van der Waals surface area (Å²) in [7, 11) is 0. The molecule has 0 fully saturated rings. The molecule has 2 rings (SSSR count). The molecule has 2 nitrogen and oxygen atoms in total. The Kier molecular flexibility index (Phi) is 4.23. The summed E-state index contributed by atoms with van der Waals surface area (Å²) in [6.45, 7) is 3.94. The predicted octanol–water partition coefficient (Wildman–Crippen LogP) is 4.14. The van der Waals surface area contributed by atoms with E-state index >= 15 is 0 Å². The molecule has 1 N–H and O–H groups in total. The molecular formula is C16H16ClNO. The molecule has 2 aromatic rings. The van der Waals surface area contributed by atoms with Gasteiger partial charge in [0.2, 0.25) is 5.91 Å². The van der Waals surface area contributed by atoms with Crippen LogP contribution in [0.25, 0.3) is 0 Å². The highest BCUT2D eigenvalue weighted by molar-refractivity contribution is 6.31. The molecule has 0 aliphatic carbocycles. The maximum atomic E-state index is 12.0. The van der Waals surface area contributed by atoms with Gasteiger partial charge < -0.3 is 5.32 Å². The van der Waals surface area contributed by atoms with Crippen molar-refractivity contribution in [1.29, 1.82) is 0 Å². The van der Waals surface area contributed by atoms with Gasteiger partial charge in [-0.05, 0) is 42.7 Å². The van der Waals surface area contributed by atoms with Crippen molar-refractivity contribution >= 4 is 23.2 Å². The highest BCUT2D eigenvalue weighted by Crippen LogP contribution is 2.20. The van der Waals surface area contributed by atoms with Crippen molar-refractivity contribution in [3.8, 4) is 0 Å². The largest absolute Gasteiger partial charge is 0.326 e. The molecule has 0 bridgehead atoms. The van der Waals surface area contributed by atoms with Crippen LogP contribution in [-0.4, -0.2) is 5.91 Å². The topological polar surface area (TPSA) is 29.1 Å². The van der Waals surface area contributed by atoms with E-state index in [1.807, 2.05) is 50.2 Å². The Balaban J connectivity index is 2.05. The quantitative estimate of drug-likeness (QED) is 0.895. The highest BCUT2D eigenvalue weighted by atomic mass is 35.5. The van der Waals surface area contributed by atoms with Crippen molar-refractivity contribution in [1.82, 2.24) is 0 Å². The monoisotopic (exact) mass is 273 g/mol. The van der Waals surface area contributed by atoms with E-state index in [9.17, 15) is 4.79 Å². The van der Waals surface area contributed by atoms with Gasteiger partial charge in [-0.2, -0.15) is 0 Å². The summed E-state index contributed by atoms with van der Waals surface area (Å²) in [6, 6.07) is 13.4. The minimum atomic E-state index is -0.0331. The fourth-order valence-corrected chi connectivity index (χ4v) is 2.04. The average molecular weight is 274 g/mol. The van der Waals surface area contributed by atoms with E-state index in [4.69, 9.17) is 11.6 Å². The molecule has 0 saturated heterocycles. The second-order valence-electron chi connectivity index (χ2n) is 4.62. The maximum Gasteiger partial charge on any atom is 0.228 e. The predicted molar refractivity (Wildman–Crippen MR) is 79.7 cm³/mol. The van der Waals surface area contributed by atoms with Gasteiger partial charge in [0.1, 0.15) is 0 Å². The minimum absolute atomic E-state index is 0.0331. The third-order valence-electron chi connectivity index (χ3n) is 3.07. The number of carbonyl (C=O) groups is 1. The number of benzene rings is 2. The van der Waals surface area contributed by atoms with Gasteiger partial charge in [-0.15, -0.1) is 0 Å². The lowest BCUT2D eigenvalue weighted by Crippen LogP contribution is -2.15. The first-order valence-electron chi connectivity index (χ1n) is 6.17. The molecule has 19 heavy (non-hydrogen) atoms. The van der Waals surface area contributed by atoms with Gasteiger partial charge in [-0.1, -0.05) is 41.9 Å². The first-order valence-corrected chi connectivity index (χ1v) is 6.54. The molecule has 0 radical (unpaired) electrons. The van der Waals surface area contributed by atoms with Crippen LogP contribution in [0.3, 0.4) is 0 Å². The summed E-state index contributed by atoms with van der Waals surface area (Å²) in [5.41, 5.74) is 3.89. The Morgan fingerprint density at radius 1 is 1.11 bits per heavy atom. The lowest BCUT2D eigenvalue weighted by molar-refractivity contribution is -0.115. The van der Waals surface area contributed by atoms with Crippen LogP contribution in [0, 0.1) is 13.8 Å². The minimum Gasteiger partial charge on any atom is -0.326 e. The third-order valence-corrected chi connectivity index (χ3v) is 3.48. The Morgan fingerprint density at radius 3 is 2.53 bits per heavy atom. The molecule has 0 atom stereocenters. The Labute approximate surface area is 118 Å². The fraction of sp³-hybridized carbons (Fsp3) is 0.188. The van der Waals surface area contributed by atoms with Gasteiger partial charge in [0.25, 0.3) is 0 Å². The van der Waals surface area contributed by atoms with Gasteiger partial charge in [0, 0.05) is 10.7 Å². The number of nitrogens with one attached hydrogen (secondary N) is 1. The molecule has 0 unspecified atom stereocenters. The van der Waals surface area contributed by atoms with Crippen LogP contribution in [0.4, 0.5) is 5.69 Å². The summed E-state index contributed by atoms with van der Waals surface area (Å²) in [4.78, 5) is 12.0. The first kappa shape index (κ1) is 13.6. The number of rotatable bonds is 3. The van der Waals surface area contributed by atoms with E-state index < -0.39 is 0 Å². The van der Waals surface area contributed by atoms with Crippen LogP contribution in [0.15, 0.2) is 42.5 Å². The number of anilines is 1. The Hall–Kier alpha value is -1.80. The summed E-state index contributed by atoms with van der Waals surface area (Å²) < 4.78 is 0. The zero-order chi connectivity index (χ0) is 13.8. The Bertz CT molecular complexity index is 607. The van der Waals surface area contributed by atoms with Crippen LogP contribution in [0.5, 0.6) is 0 Å². The van der Waals surface area contributed by atoms with Crippen molar-refractivity contribution in [2.75, 3.05) is 5.32 Å². The van der Waals surface area contributed by atoms with E-state index in [0.29, 0.717) is 11.4 Å². The lowest BCUT2D eigenvalue weighted by Gasteiger charge is -2.08. The van der Waals surface area contributed by atoms with Crippen LogP contribution in [0.1, 0.15) is 16.7 Å². The van der Waals surface area contributed by atoms with Crippen molar-refractivity contribution in [3.05, 3.63) is 64.2 Å². The standard InChI is InChI=1S/C16H16ClNO/c1-11-5-3-4-6-13(11)9-16(19)18-14-8-7-12(2)15(17)10-14/h3-8,10H,9H2,1-2H3,(H,18,19). The van der Waals surface area contributed by atoms with E-state index in [-0.39, 0.29) is 5.91 Å². The average Bonchev–Trinajstić information content (AvgIpc) is 2.37. The van der Waals surface area contributed by atoms with Crippen LogP contribution in [-0.2, 0) is 11.2 Å². The van der Waals surface area contributed by atoms with Gasteiger partial charge in [0.15, 0.2) is 0 Å². The molecule has 0 aromatic heterocycles. The third kappa shape index (κ3) is 3.58. The molecule has 0 spiro atoms. The highest BCUT2D eigenvalue weighted by Gasteiger charge is 2.06. The SMILES string of the molecule is Cc1ccc(NC(=O)Cc2ccccc2C)cc1Cl. The number of hydrogen-bond acceptors (Lipinski definition) is 1. The van der Waals surface area contributed by atoms with Gasteiger partial charge in [0.05, 0.1) is 6.42 Å². The fourth-order valence-electron chi connectivity index (χ4n) is 1.86.